The number of alkyl halides is 2. The number of nitrogens with one attached hydrogen (secondary N) is 1. The van der Waals surface area contributed by atoms with E-state index in [9.17, 15) is 18.4 Å². The minimum atomic E-state index is -3.02. The normalized spacial score (nSPS) is 23.6. The maximum Gasteiger partial charge on any atom is 0.269 e. The molecule has 0 bridgehead atoms. The molecule has 0 aliphatic carbocycles. The summed E-state index contributed by atoms with van der Waals surface area (Å²) in [4.78, 5) is 43.4. The summed E-state index contributed by atoms with van der Waals surface area (Å²) in [6.07, 6.45) is 1.61. The van der Waals surface area contributed by atoms with Gasteiger partial charge in [0.25, 0.3) is 12.3 Å². The monoisotopic (exact) mass is 571 g/mol. The van der Waals surface area contributed by atoms with Crippen molar-refractivity contribution in [1.29, 1.82) is 0 Å². The summed E-state index contributed by atoms with van der Waals surface area (Å²) in [5.74, 6) is -3.15. The maximum atomic E-state index is 15.7. The predicted octanol–water partition coefficient (Wildman–Crippen LogP) is 3.01. The molecule has 41 heavy (non-hydrogen) atoms. The molecule has 1 unspecified atom stereocenters. The van der Waals surface area contributed by atoms with Gasteiger partial charge < -0.3 is 24.8 Å². The molecule has 2 saturated heterocycles. The number of benzene rings is 1. The summed E-state index contributed by atoms with van der Waals surface area (Å²) in [5.41, 5.74) is 0.559. The smallest absolute Gasteiger partial charge is 0.269 e. The van der Waals surface area contributed by atoms with E-state index in [2.05, 4.69) is 25.2 Å². The van der Waals surface area contributed by atoms with Gasteiger partial charge in [-0.1, -0.05) is 0 Å². The summed E-state index contributed by atoms with van der Waals surface area (Å²) < 4.78 is 48.5. The Kier molecular flexibility index (Phi) is 8.36. The number of morpholine rings is 1. The number of anilines is 3. The van der Waals surface area contributed by atoms with Gasteiger partial charge in [0.2, 0.25) is 11.9 Å². The minimum absolute atomic E-state index is 0.0872. The predicted molar refractivity (Wildman–Crippen MR) is 149 cm³/mol. The van der Waals surface area contributed by atoms with Crippen LogP contribution in [0.1, 0.15) is 13.8 Å². The van der Waals surface area contributed by atoms with Crippen LogP contribution >= 0.6 is 0 Å². The molecular weight excluding hydrogens is 539 g/mol. The second-order valence-corrected chi connectivity index (χ2v) is 10.5. The third-order valence-electron chi connectivity index (χ3n) is 7.75. The first kappa shape index (κ1) is 28.7. The van der Waals surface area contributed by atoms with E-state index in [1.165, 1.54) is 24.5 Å². The van der Waals surface area contributed by atoms with Crippen molar-refractivity contribution in [1.82, 2.24) is 14.9 Å². The fourth-order valence-corrected chi connectivity index (χ4v) is 5.18. The first-order valence-corrected chi connectivity index (χ1v) is 13.5. The molecule has 1 N–H and O–H groups in total. The molecule has 3 aliphatic rings. The van der Waals surface area contributed by atoms with Crippen LogP contribution in [0.4, 0.5) is 30.5 Å². The number of likely N-dealkylation sites (N-methyl/N-ethyl adjacent to an activating group) is 1. The molecule has 2 amide bonds. The lowest BCUT2D eigenvalue weighted by molar-refractivity contribution is -0.117. The van der Waals surface area contributed by atoms with Crippen LogP contribution in [0.25, 0.3) is 11.1 Å². The van der Waals surface area contributed by atoms with E-state index in [0.717, 1.165) is 6.21 Å². The van der Waals surface area contributed by atoms with Crippen molar-refractivity contribution in [2.24, 2.45) is 10.9 Å². The molecule has 2 fully saturated rings. The summed E-state index contributed by atoms with van der Waals surface area (Å²) in [6.45, 7) is 7.63. The third-order valence-corrected chi connectivity index (χ3v) is 7.75. The molecule has 3 aliphatic heterocycles. The Balaban J connectivity index is 1.49. The van der Waals surface area contributed by atoms with Crippen LogP contribution in [0, 0.1) is 11.7 Å². The molecule has 0 spiro atoms. The molecule has 5 rings (SSSR count). The Morgan fingerprint density at radius 1 is 1.12 bits per heavy atom. The van der Waals surface area contributed by atoms with Crippen LogP contribution < -0.4 is 15.1 Å². The third kappa shape index (κ3) is 6.10. The number of dihydropyridines is 1. The highest BCUT2D eigenvalue weighted by atomic mass is 19.3. The van der Waals surface area contributed by atoms with Gasteiger partial charge in [-0.15, -0.1) is 0 Å². The van der Waals surface area contributed by atoms with E-state index in [4.69, 9.17) is 4.74 Å². The van der Waals surface area contributed by atoms with Gasteiger partial charge in [0.1, 0.15) is 11.7 Å². The average molecular weight is 572 g/mol. The number of hydrogen-bond donors (Lipinski definition) is 1. The van der Waals surface area contributed by atoms with Crippen molar-refractivity contribution in [3.63, 3.8) is 0 Å². The Morgan fingerprint density at radius 3 is 2.56 bits per heavy atom. The van der Waals surface area contributed by atoms with Crippen molar-refractivity contribution >= 4 is 35.4 Å². The second-order valence-electron chi connectivity index (χ2n) is 10.5. The van der Waals surface area contributed by atoms with Crippen LogP contribution in [0.3, 0.4) is 0 Å². The molecule has 10 nitrogen and oxygen atoms in total. The zero-order valence-corrected chi connectivity index (χ0v) is 23.1. The molecule has 0 saturated carbocycles. The number of halogens is 3. The lowest BCUT2D eigenvalue weighted by Gasteiger charge is -2.40. The zero-order valence-electron chi connectivity index (χ0n) is 23.1. The minimum Gasteiger partial charge on any atom is -0.377 e. The van der Waals surface area contributed by atoms with Gasteiger partial charge in [-0.05, 0) is 33.0 Å². The molecular formula is C28H32F3N7O3. The van der Waals surface area contributed by atoms with E-state index in [1.54, 1.807) is 0 Å². The summed E-state index contributed by atoms with van der Waals surface area (Å²) in [5, 5.41) is 2.71. The number of hydrogen-bond acceptors (Lipinski definition) is 8. The van der Waals surface area contributed by atoms with Gasteiger partial charge in [-0.3, -0.25) is 9.59 Å². The van der Waals surface area contributed by atoms with E-state index in [1.807, 2.05) is 30.7 Å². The van der Waals surface area contributed by atoms with Crippen LogP contribution in [-0.2, 0) is 14.3 Å². The maximum absolute atomic E-state index is 15.7. The van der Waals surface area contributed by atoms with Crippen LogP contribution in [0.15, 0.2) is 41.2 Å². The number of carbonyl (C=O) groups excluding carboxylic acids is 2. The molecule has 2 aromatic rings. The number of amides is 2. The number of nitrogens with zero attached hydrogens (tertiary/aromatic N) is 6. The Morgan fingerprint density at radius 2 is 1.88 bits per heavy atom. The first-order valence-electron chi connectivity index (χ1n) is 13.5. The van der Waals surface area contributed by atoms with Gasteiger partial charge in [0.15, 0.2) is 0 Å². The van der Waals surface area contributed by atoms with Gasteiger partial charge in [0, 0.05) is 73.6 Å². The van der Waals surface area contributed by atoms with E-state index in [-0.39, 0.29) is 23.3 Å². The van der Waals surface area contributed by atoms with Crippen LogP contribution in [0.5, 0.6) is 0 Å². The molecule has 13 heteroatoms. The standard InChI is InChI=1S/C28H32F3N7O3/c1-16-14-37(5-4-36(16)3)24-10-22(29)19(18-11-33-28(34-12-18)38-6-7-41-15-17(38)2)8-23(24)35-27(40)21-13-32-25(39)9-20(21)26(30)31/h8-13,16-17,21,26H,4-7,14-15H2,1-3H3,(H,35,40)/t16-,17-,21?/m0/s1. The largest absolute Gasteiger partial charge is 0.377 e. The van der Waals surface area contributed by atoms with Crippen molar-refractivity contribution in [3.8, 4) is 11.1 Å². The lowest BCUT2D eigenvalue weighted by atomic mass is 9.96. The van der Waals surface area contributed by atoms with Gasteiger partial charge in [-0.2, -0.15) is 0 Å². The molecule has 1 aromatic carbocycles. The zero-order chi connectivity index (χ0) is 29.3. The number of carbonyl (C=O) groups is 2. The molecule has 3 atom stereocenters. The van der Waals surface area contributed by atoms with E-state index < -0.39 is 35.5 Å². The van der Waals surface area contributed by atoms with Crippen molar-refractivity contribution < 1.29 is 27.5 Å². The molecule has 218 valence electrons. The molecule has 4 heterocycles. The first-order chi connectivity index (χ1) is 19.6. The number of rotatable bonds is 6. The number of ether oxygens (including phenoxy) is 1. The quantitative estimate of drug-likeness (QED) is 0.565. The molecule has 0 radical (unpaired) electrons. The van der Waals surface area contributed by atoms with Gasteiger partial charge in [0.05, 0.1) is 30.6 Å². The number of aliphatic imine (C=N–C) groups is 1. The summed E-state index contributed by atoms with van der Waals surface area (Å²) in [6, 6.07) is 3.05. The Labute approximate surface area is 235 Å². The Hall–Kier alpha value is -3.84. The van der Waals surface area contributed by atoms with Gasteiger partial charge >= 0.3 is 0 Å². The summed E-state index contributed by atoms with van der Waals surface area (Å²) in [7, 11) is 2.00. The SMILES string of the molecule is C[C@H]1CN(c2cc(F)c(-c3cnc(N4CCOC[C@@H]4C)nc3)cc2NC(=O)C2C=NC(=O)C=C2C(F)F)CCN1C. The second kappa shape index (κ2) is 12.0. The average Bonchev–Trinajstić information content (AvgIpc) is 2.95. The van der Waals surface area contributed by atoms with Crippen molar-refractivity contribution in [2.45, 2.75) is 32.4 Å². The fourth-order valence-electron chi connectivity index (χ4n) is 5.18. The van der Waals surface area contributed by atoms with E-state index >= 15 is 4.39 Å². The van der Waals surface area contributed by atoms with Gasteiger partial charge in [-0.25, -0.2) is 28.1 Å². The Bertz CT molecular complexity index is 1370. The lowest BCUT2D eigenvalue weighted by Crippen LogP contribution is -2.50. The van der Waals surface area contributed by atoms with Crippen LogP contribution in [-0.4, -0.2) is 97.8 Å². The highest BCUT2D eigenvalue weighted by molar-refractivity contribution is 6.11. The van der Waals surface area contributed by atoms with Crippen LogP contribution in [0.2, 0.25) is 0 Å². The highest BCUT2D eigenvalue weighted by Gasteiger charge is 2.32. The fraction of sp³-hybridized carbons (Fsp3) is 0.464. The topological polar surface area (TPSA) is 103 Å². The van der Waals surface area contributed by atoms with Crippen molar-refractivity contribution in [3.05, 3.63) is 42.0 Å². The highest BCUT2D eigenvalue weighted by Crippen LogP contribution is 2.36. The summed E-state index contributed by atoms with van der Waals surface area (Å²) >= 11 is 0. The van der Waals surface area contributed by atoms with Crippen molar-refractivity contribution in [2.75, 3.05) is 61.6 Å². The molecule has 1 aromatic heterocycles. The number of piperazine rings is 1. The van der Waals surface area contributed by atoms with E-state index in [0.29, 0.717) is 62.7 Å². The number of aromatic nitrogens is 2.